The van der Waals surface area contributed by atoms with Crippen molar-refractivity contribution in [2.75, 3.05) is 0 Å². The molecule has 0 unspecified atom stereocenters. The van der Waals surface area contributed by atoms with Crippen LogP contribution in [0.4, 0.5) is 0 Å². The second-order valence-corrected chi connectivity index (χ2v) is 1.54. The van der Waals surface area contributed by atoms with E-state index < -0.39 is 7.82 Å². The molecule has 0 heterocycles. The second-order valence-electron chi connectivity index (χ2n) is 0.513. The third-order valence-corrected chi connectivity index (χ3v) is 0. The van der Waals surface area contributed by atoms with Gasteiger partial charge in [0, 0.05) is 23.1 Å². The average Bonchev–Trinajstić information content (AvgIpc) is 0.722. The van der Waals surface area contributed by atoms with Crippen LogP contribution in [0.2, 0.25) is 0 Å². The SMILES string of the molecule is O=P(O)(O)O.[Mg]. The number of hydrogen-bond donors (Lipinski definition) is 3. The van der Waals surface area contributed by atoms with Gasteiger partial charge in [-0.2, -0.15) is 0 Å². The molecule has 6 heteroatoms. The van der Waals surface area contributed by atoms with E-state index in [1.54, 1.807) is 0 Å². The monoisotopic (exact) mass is 122 g/mol. The minimum absolute atomic E-state index is 0. The van der Waals surface area contributed by atoms with Crippen LogP contribution in [0, 0.1) is 0 Å². The molecular weight excluding hydrogens is 119 g/mol. The second kappa shape index (κ2) is 2.96. The number of hydrogen-bond acceptors (Lipinski definition) is 1. The van der Waals surface area contributed by atoms with E-state index in [0.717, 1.165) is 0 Å². The number of phosphoric acid groups is 1. The van der Waals surface area contributed by atoms with E-state index in [1.165, 1.54) is 0 Å². The molecule has 0 rings (SSSR count). The molecule has 0 aliphatic carbocycles. The molecule has 0 amide bonds. The average molecular weight is 122 g/mol. The van der Waals surface area contributed by atoms with E-state index in [2.05, 4.69) is 0 Å². The van der Waals surface area contributed by atoms with Crippen LogP contribution < -0.4 is 0 Å². The molecule has 0 aliphatic rings. The third-order valence-electron chi connectivity index (χ3n) is 0. The summed E-state index contributed by atoms with van der Waals surface area (Å²) in [6.45, 7) is 0. The van der Waals surface area contributed by atoms with Crippen molar-refractivity contribution in [3.8, 4) is 0 Å². The first-order valence-corrected chi connectivity index (χ1v) is 2.35. The molecule has 0 aromatic rings. The Morgan fingerprint density at radius 2 is 1.17 bits per heavy atom. The summed E-state index contributed by atoms with van der Waals surface area (Å²) in [6, 6.07) is 0. The van der Waals surface area contributed by atoms with Gasteiger partial charge in [0.15, 0.2) is 0 Å². The Morgan fingerprint density at radius 3 is 1.17 bits per heavy atom. The van der Waals surface area contributed by atoms with Crippen LogP contribution in [0.5, 0.6) is 0 Å². The normalized spacial score (nSPS) is 9.83. The molecule has 6 heavy (non-hydrogen) atoms. The lowest BCUT2D eigenvalue weighted by molar-refractivity contribution is 0.275. The van der Waals surface area contributed by atoms with E-state index >= 15 is 0 Å². The summed E-state index contributed by atoms with van der Waals surface area (Å²) in [5, 5.41) is 0. The summed E-state index contributed by atoms with van der Waals surface area (Å²) in [7, 11) is -4.64. The maximum Gasteiger partial charge on any atom is 0.466 e. The van der Waals surface area contributed by atoms with Crippen molar-refractivity contribution in [1.82, 2.24) is 0 Å². The summed E-state index contributed by atoms with van der Waals surface area (Å²) >= 11 is 0. The molecule has 0 fully saturated rings. The zero-order valence-electron chi connectivity index (χ0n) is 2.90. The van der Waals surface area contributed by atoms with Gasteiger partial charge in [0.2, 0.25) is 0 Å². The predicted octanol–water partition coefficient (Wildman–Crippen LogP) is -1.31. The molecule has 2 radical (unpaired) electrons. The zero-order valence-corrected chi connectivity index (χ0v) is 5.21. The quantitative estimate of drug-likeness (QED) is 0.275. The molecule has 0 saturated carbocycles. The Hall–Kier alpha value is 0.876. The molecule has 0 aromatic carbocycles. The highest BCUT2D eigenvalue weighted by atomic mass is 31.2. The summed E-state index contributed by atoms with van der Waals surface area (Å²) in [6.07, 6.45) is 0. The molecular formula is H3MgO4P. The molecule has 0 aliphatic heterocycles. The first kappa shape index (κ1) is 9.99. The van der Waals surface area contributed by atoms with Gasteiger partial charge in [-0.1, -0.05) is 0 Å². The lowest BCUT2D eigenvalue weighted by atomic mass is 15.8. The van der Waals surface area contributed by atoms with Gasteiger partial charge in [-0.3, -0.25) is 0 Å². The minimum Gasteiger partial charge on any atom is -0.303 e. The Morgan fingerprint density at radius 1 is 1.17 bits per heavy atom. The van der Waals surface area contributed by atoms with Crippen LogP contribution in [0.1, 0.15) is 0 Å². The van der Waals surface area contributed by atoms with Crippen LogP contribution in [0.15, 0.2) is 0 Å². The van der Waals surface area contributed by atoms with E-state index in [0.29, 0.717) is 0 Å². The summed E-state index contributed by atoms with van der Waals surface area (Å²) < 4.78 is 8.88. The lowest BCUT2D eigenvalue weighted by Gasteiger charge is -1.82. The smallest absolute Gasteiger partial charge is 0.303 e. The highest BCUT2D eigenvalue weighted by molar-refractivity contribution is 7.45. The standard InChI is InChI=1S/Mg.H3O4P/c;1-5(2,3)4/h;(H3,1,2,3,4). The number of rotatable bonds is 0. The van der Waals surface area contributed by atoms with E-state index in [-0.39, 0.29) is 23.1 Å². The van der Waals surface area contributed by atoms with Gasteiger partial charge in [0.25, 0.3) is 0 Å². The van der Waals surface area contributed by atoms with E-state index in [9.17, 15) is 0 Å². The Labute approximate surface area is 50.6 Å². The van der Waals surface area contributed by atoms with Crippen molar-refractivity contribution in [3.05, 3.63) is 0 Å². The van der Waals surface area contributed by atoms with Gasteiger partial charge < -0.3 is 14.7 Å². The van der Waals surface area contributed by atoms with Crippen LogP contribution in [-0.2, 0) is 4.57 Å². The molecule has 0 spiro atoms. The van der Waals surface area contributed by atoms with Crippen LogP contribution >= 0.6 is 7.82 Å². The summed E-state index contributed by atoms with van der Waals surface area (Å²) in [5.41, 5.74) is 0. The van der Waals surface area contributed by atoms with Crippen molar-refractivity contribution in [3.63, 3.8) is 0 Å². The maximum atomic E-state index is 8.88. The topological polar surface area (TPSA) is 77.8 Å². The lowest BCUT2D eigenvalue weighted by Crippen LogP contribution is -1.66. The fourth-order valence-electron chi connectivity index (χ4n) is 0. The minimum atomic E-state index is -4.64. The summed E-state index contributed by atoms with van der Waals surface area (Å²) in [5.74, 6) is 0. The van der Waals surface area contributed by atoms with Crippen LogP contribution in [0.25, 0.3) is 0 Å². The fourth-order valence-corrected chi connectivity index (χ4v) is 0. The first-order chi connectivity index (χ1) is 2.00. The Kier molecular flexibility index (Phi) is 4.92. The largest absolute Gasteiger partial charge is 0.466 e. The van der Waals surface area contributed by atoms with E-state index in [4.69, 9.17) is 19.2 Å². The molecule has 0 aromatic heterocycles. The summed E-state index contributed by atoms with van der Waals surface area (Å²) in [4.78, 5) is 21.6. The highest BCUT2D eigenvalue weighted by Gasteiger charge is 2.00. The van der Waals surface area contributed by atoms with Crippen molar-refractivity contribution in [1.29, 1.82) is 0 Å². The fraction of sp³-hybridized carbons (Fsp3) is 0. The molecule has 0 atom stereocenters. The predicted molar refractivity (Wildman–Crippen MR) is 20.0 cm³/mol. The van der Waals surface area contributed by atoms with Gasteiger partial charge in [0.05, 0.1) is 0 Å². The highest BCUT2D eigenvalue weighted by Crippen LogP contribution is 2.25. The Bertz CT molecular complexity index is 53.7. The third kappa shape index (κ3) is 95.4. The molecule has 4 nitrogen and oxygen atoms in total. The van der Waals surface area contributed by atoms with E-state index in [1.807, 2.05) is 0 Å². The molecule has 0 saturated heterocycles. The molecule has 3 N–H and O–H groups in total. The molecule has 0 bridgehead atoms. The Balaban J connectivity index is 0. The van der Waals surface area contributed by atoms with Gasteiger partial charge in [-0.05, 0) is 0 Å². The maximum absolute atomic E-state index is 8.88. The molecule has 34 valence electrons. The van der Waals surface area contributed by atoms with Gasteiger partial charge in [-0.15, -0.1) is 0 Å². The van der Waals surface area contributed by atoms with Crippen molar-refractivity contribution in [2.24, 2.45) is 0 Å². The van der Waals surface area contributed by atoms with Gasteiger partial charge in [0.1, 0.15) is 0 Å². The van der Waals surface area contributed by atoms with Crippen molar-refractivity contribution >= 4 is 30.9 Å². The van der Waals surface area contributed by atoms with Crippen LogP contribution in [0.3, 0.4) is 0 Å². The van der Waals surface area contributed by atoms with Gasteiger partial charge >= 0.3 is 7.82 Å². The first-order valence-electron chi connectivity index (χ1n) is 0.783. The van der Waals surface area contributed by atoms with Gasteiger partial charge in [-0.25, -0.2) is 4.57 Å². The van der Waals surface area contributed by atoms with Crippen molar-refractivity contribution in [2.45, 2.75) is 0 Å². The van der Waals surface area contributed by atoms with Crippen molar-refractivity contribution < 1.29 is 19.2 Å². The van der Waals surface area contributed by atoms with Crippen LogP contribution in [-0.4, -0.2) is 37.7 Å². The zero-order chi connectivity index (χ0) is 4.50.